The van der Waals surface area contributed by atoms with Gasteiger partial charge in [0.1, 0.15) is 0 Å². The second-order valence-corrected chi connectivity index (χ2v) is 4.05. The maximum atomic E-state index is 11.9. The standard InChI is InChI=1S/C14H19NO6/c1-10(17)21-12-4-3-11(9-13(12)19-2)14(18)15-5-7-20-8-6-16/h3-4,9,16H,5-8H2,1-2H3,(H,15,18). The van der Waals surface area contributed by atoms with Gasteiger partial charge in [-0.3, -0.25) is 9.59 Å². The van der Waals surface area contributed by atoms with E-state index in [1.165, 1.54) is 32.2 Å². The summed E-state index contributed by atoms with van der Waals surface area (Å²) in [6.07, 6.45) is 0. The summed E-state index contributed by atoms with van der Waals surface area (Å²) in [5.74, 6) is -0.205. The fraction of sp³-hybridized carbons (Fsp3) is 0.429. The van der Waals surface area contributed by atoms with Crippen LogP contribution in [0.1, 0.15) is 17.3 Å². The summed E-state index contributed by atoms with van der Waals surface area (Å²) in [6.45, 7) is 2.11. The zero-order valence-electron chi connectivity index (χ0n) is 12.0. The van der Waals surface area contributed by atoms with Gasteiger partial charge in [-0.2, -0.15) is 0 Å². The third kappa shape index (κ3) is 5.80. The van der Waals surface area contributed by atoms with Crippen LogP contribution in [0, 0.1) is 0 Å². The van der Waals surface area contributed by atoms with Gasteiger partial charge < -0.3 is 24.6 Å². The van der Waals surface area contributed by atoms with Crippen LogP contribution < -0.4 is 14.8 Å². The Balaban J connectivity index is 2.62. The maximum absolute atomic E-state index is 11.9. The maximum Gasteiger partial charge on any atom is 0.308 e. The number of benzene rings is 1. The summed E-state index contributed by atoms with van der Waals surface area (Å²) >= 11 is 0. The summed E-state index contributed by atoms with van der Waals surface area (Å²) in [6, 6.07) is 4.52. The van der Waals surface area contributed by atoms with E-state index in [2.05, 4.69) is 5.32 Å². The summed E-state index contributed by atoms with van der Waals surface area (Å²) in [5, 5.41) is 11.2. The number of esters is 1. The van der Waals surface area contributed by atoms with Crippen molar-refractivity contribution in [3.63, 3.8) is 0 Å². The molecular weight excluding hydrogens is 278 g/mol. The van der Waals surface area contributed by atoms with Crippen LogP contribution in [0.3, 0.4) is 0 Å². The van der Waals surface area contributed by atoms with Crippen LogP contribution in [0.5, 0.6) is 11.5 Å². The minimum Gasteiger partial charge on any atom is -0.493 e. The minimum absolute atomic E-state index is 0.0528. The molecule has 0 saturated carbocycles. The first-order valence-electron chi connectivity index (χ1n) is 6.41. The van der Waals surface area contributed by atoms with E-state index in [4.69, 9.17) is 19.3 Å². The van der Waals surface area contributed by atoms with E-state index in [0.29, 0.717) is 24.5 Å². The Morgan fingerprint density at radius 1 is 1.24 bits per heavy atom. The predicted molar refractivity (Wildman–Crippen MR) is 74.5 cm³/mol. The topological polar surface area (TPSA) is 94.1 Å². The lowest BCUT2D eigenvalue weighted by molar-refractivity contribution is -0.132. The summed E-state index contributed by atoms with van der Waals surface area (Å²) in [4.78, 5) is 22.8. The summed E-state index contributed by atoms with van der Waals surface area (Å²) in [7, 11) is 1.42. The van der Waals surface area contributed by atoms with Gasteiger partial charge in [-0.15, -0.1) is 0 Å². The van der Waals surface area contributed by atoms with Crippen molar-refractivity contribution in [2.75, 3.05) is 33.5 Å². The van der Waals surface area contributed by atoms with Crippen molar-refractivity contribution < 1.29 is 28.9 Å². The van der Waals surface area contributed by atoms with E-state index in [9.17, 15) is 9.59 Å². The molecule has 0 spiro atoms. The first-order chi connectivity index (χ1) is 10.1. The van der Waals surface area contributed by atoms with E-state index >= 15 is 0 Å². The largest absolute Gasteiger partial charge is 0.493 e. The average molecular weight is 297 g/mol. The lowest BCUT2D eigenvalue weighted by Gasteiger charge is -2.10. The zero-order chi connectivity index (χ0) is 15.7. The average Bonchev–Trinajstić information content (AvgIpc) is 2.46. The number of amides is 1. The number of hydrogen-bond acceptors (Lipinski definition) is 6. The second-order valence-electron chi connectivity index (χ2n) is 4.05. The fourth-order valence-electron chi connectivity index (χ4n) is 1.55. The van der Waals surface area contributed by atoms with Crippen LogP contribution in [0.25, 0.3) is 0 Å². The molecule has 0 radical (unpaired) electrons. The molecule has 2 N–H and O–H groups in total. The number of carbonyl (C=O) groups excluding carboxylic acids is 2. The number of aliphatic hydroxyl groups excluding tert-OH is 1. The number of nitrogens with one attached hydrogen (secondary N) is 1. The van der Waals surface area contributed by atoms with Crippen LogP contribution in [0.15, 0.2) is 18.2 Å². The molecule has 0 unspecified atom stereocenters. The van der Waals surface area contributed by atoms with Crippen molar-refractivity contribution in [1.82, 2.24) is 5.32 Å². The highest BCUT2D eigenvalue weighted by Crippen LogP contribution is 2.28. The molecular formula is C14H19NO6. The minimum atomic E-state index is -0.466. The van der Waals surface area contributed by atoms with Gasteiger partial charge in [-0.05, 0) is 18.2 Å². The van der Waals surface area contributed by atoms with Gasteiger partial charge in [0.2, 0.25) is 0 Å². The number of hydrogen-bond donors (Lipinski definition) is 2. The van der Waals surface area contributed by atoms with E-state index in [1.54, 1.807) is 0 Å². The molecule has 0 heterocycles. The Hall–Kier alpha value is -2.12. The van der Waals surface area contributed by atoms with Gasteiger partial charge in [0.05, 0.1) is 26.9 Å². The van der Waals surface area contributed by atoms with Crippen LogP contribution in [-0.2, 0) is 9.53 Å². The summed E-state index contributed by atoms with van der Waals surface area (Å²) < 4.78 is 15.1. The van der Waals surface area contributed by atoms with Gasteiger partial charge in [-0.25, -0.2) is 0 Å². The Morgan fingerprint density at radius 3 is 2.62 bits per heavy atom. The monoisotopic (exact) mass is 297 g/mol. The highest BCUT2D eigenvalue weighted by molar-refractivity contribution is 5.95. The van der Waals surface area contributed by atoms with E-state index < -0.39 is 5.97 Å². The molecule has 1 amide bonds. The molecule has 21 heavy (non-hydrogen) atoms. The molecule has 0 fully saturated rings. The van der Waals surface area contributed by atoms with Crippen molar-refractivity contribution in [2.45, 2.75) is 6.92 Å². The molecule has 7 heteroatoms. The van der Waals surface area contributed by atoms with Gasteiger partial charge >= 0.3 is 5.97 Å². The Bertz CT molecular complexity index is 488. The van der Waals surface area contributed by atoms with Crippen LogP contribution in [0.4, 0.5) is 0 Å². The Morgan fingerprint density at radius 2 is 2.00 bits per heavy atom. The molecule has 1 aromatic carbocycles. The SMILES string of the molecule is COc1cc(C(=O)NCCOCCO)ccc1OC(C)=O. The molecule has 0 aliphatic carbocycles. The summed E-state index contributed by atoms with van der Waals surface area (Å²) in [5.41, 5.74) is 0.380. The van der Waals surface area contributed by atoms with Crippen molar-refractivity contribution in [3.05, 3.63) is 23.8 Å². The van der Waals surface area contributed by atoms with Crippen molar-refractivity contribution in [3.8, 4) is 11.5 Å². The highest BCUT2D eigenvalue weighted by atomic mass is 16.6. The van der Waals surface area contributed by atoms with Gasteiger partial charge in [0, 0.05) is 19.0 Å². The highest BCUT2D eigenvalue weighted by Gasteiger charge is 2.12. The molecule has 7 nitrogen and oxygen atoms in total. The molecule has 0 aliphatic rings. The number of ether oxygens (including phenoxy) is 3. The van der Waals surface area contributed by atoms with Crippen molar-refractivity contribution >= 4 is 11.9 Å². The lowest BCUT2D eigenvalue weighted by Crippen LogP contribution is -2.27. The van der Waals surface area contributed by atoms with Gasteiger partial charge in [-0.1, -0.05) is 0 Å². The second kappa shape index (κ2) is 8.93. The molecule has 1 rings (SSSR count). The van der Waals surface area contributed by atoms with Crippen LogP contribution in [0.2, 0.25) is 0 Å². The normalized spacial score (nSPS) is 10.0. The number of rotatable bonds is 8. The smallest absolute Gasteiger partial charge is 0.308 e. The number of carbonyl (C=O) groups is 2. The molecule has 1 aromatic rings. The van der Waals surface area contributed by atoms with E-state index in [0.717, 1.165) is 0 Å². The van der Waals surface area contributed by atoms with E-state index in [-0.39, 0.29) is 24.9 Å². The predicted octanol–water partition coefficient (Wildman–Crippen LogP) is 0.359. The quantitative estimate of drug-likeness (QED) is 0.409. The molecule has 0 aliphatic heterocycles. The number of aliphatic hydroxyl groups is 1. The Labute approximate surface area is 122 Å². The van der Waals surface area contributed by atoms with Crippen molar-refractivity contribution in [2.24, 2.45) is 0 Å². The van der Waals surface area contributed by atoms with E-state index in [1.807, 2.05) is 0 Å². The Kier molecular flexibility index (Phi) is 7.20. The lowest BCUT2D eigenvalue weighted by atomic mass is 10.2. The molecule has 0 atom stereocenters. The first kappa shape index (κ1) is 16.9. The van der Waals surface area contributed by atoms with Gasteiger partial charge in [0.15, 0.2) is 11.5 Å². The molecule has 0 bridgehead atoms. The third-order valence-corrected chi connectivity index (χ3v) is 2.45. The number of methoxy groups -OCH3 is 1. The van der Waals surface area contributed by atoms with Crippen LogP contribution >= 0.6 is 0 Å². The zero-order valence-corrected chi connectivity index (χ0v) is 12.0. The van der Waals surface area contributed by atoms with Gasteiger partial charge in [0.25, 0.3) is 5.91 Å². The molecule has 116 valence electrons. The third-order valence-electron chi connectivity index (χ3n) is 2.45. The van der Waals surface area contributed by atoms with Crippen LogP contribution in [-0.4, -0.2) is 50.5 Å². The molecule has 0 saturated heterocycles. The fourth-order valence-corrected chi connectivity index (χ4v) is 1.55. The first-order valence-corrected chi connectivity index (χ1v) is 6.41. The van der Waals surface area contributed by atoms with Crippen molar-refractivity contribution in [1.29, 1.82) is 0 Å². The molecule has 0 aromatic heterocycles.